The molecule has 21 heavy (non-hydrogen) atoms. The number of amides is 1. The molecule has 2 aliphatic rings. The molecule has 122 valence electrons. The van der Waals surface area contributed by atoms with Crippen LogP contribution in [0.3, 0.4) is 0 Å². The third-order valence-corrected chi connectivity index (χ3v) is 5.26. The van der Waals surface area contributed by atoms with E-state index in [4.69, 9.17) is 0 Å². The van der Waals surface area contributed by atoms with Gasteiger partial charge >= 0.3 is 0 Å². The van der Waals surface area contributed by atoms with Crippen LogP contribution in [0.1, 0.15) is 79.1 Å². The highest BCUT2D eigenvalue weighted by Crippen LogP contribution is 2.35. The molecule has 2 fully saturated rings. The molecule has 0 spiro atoms. The topological polar surface area (TPSA) is 32.3 Å². The normalized spacial score (nSPS) is 28.8. The summed E-state index contributed by atoms with van der Waals surface area (Å²) < 4.78 is 0. The Morgan fingerprint density at radius 3 is 2.43 bits per heavy atom. The average molecular weight is 294 g/mol. The molecule has 1 heterocycles. The van der Waals surface area contributed by atoms with Crippen molar-refractivity contribution in [3.05, 3.63) is 0 Å². The number of nitrogens with one attached hydrogen (secondary N) is 1. The second-order valence-corrected chi connectivity index (χ2v) is 7.43. The van der Waals surface area contributed by atoms with Gasteiger partial charge in [-0.3, -0.25) is 10.1 Å². The number of rotatable bonds is 7. The number of hydrogen-bond acceptors (Lipinski definition) is 2. The van der Waals surface area contributed by atoms with Gasteiger partial charge in [0.1, 0.15) is 0 Å². The molecule has 3 atom stereocenters. The first-order valence-corrected chi connectivity index (χ1v) is 9.16. The maximum absolute atomic E-state index is 12.9. The molecule has 3 unspecified atom stereocenters. The predicted octanol–water partition coefficient (Wildman–Crippen LogP) is 3.93. The van der Waals surface area contributed by atoms with Gasteiger partial charge in [-0.15, -0.1) is 0 Å². The fraction of sp³-hybridized carbons (Fsp3) is 0.944. The molecule has 0 radical (unpaired) electrons. The molecule has 1 aliphatic heterocycles. The molecule has 1 aliphatic carbocycles. The lowest BCUT2D eigenvalue weighted by atomic mass is 10.0. The van der Waals surface area contributed by atoms with Gasteiger partial charge in [-0.25, -0.2) is 0 Å². The summed E-state index contributed by atoms with van der Waals surface area (Å²) in [6, 6.07) is 0.485. The molecule has 1 saturated carbocycles. The Bertz CT molecular complexity index is 336. The fourth-order valence-corrected chi connectivity index (χ4v) is 4.23. The van der Waals surface area contributed by atoms with Crippen molar-refractivity contribution in [2.75, 3.05) is 0 Å². The lowest BCUT2D eigenvalue weighted by Crippen LogP contribution is -2.47. The lowest BCUT2D eigenvalue weighted by Gasteiger charge is -2.35. The first-order valence-electron chi connectivity index (χ1n) is 9.16. The van der Waals surface area contributed by atoms with E-state index in [1.54, 1.807) is 0 Å². The maximum Gasteiger partial charge on any atom is 0.241 e. The van der Waals surface area contributed by atoms with Gasteiger partial charge < -0.3 is 4.90 Å². The fourth-order valence-electron chi connectivity index (χ4n) is 4.23. The van der Waals surface area contributed by atoms with E-state index < -0.39 is 0 Å². The van der Waals surface area contributed by atoms with E-state index >= 15 is 0 Å². The summed E-state index contributed by atoms with van der Waals surface area (Å²) in [5, 5.41) is 3.71. The van der Waals surface area contributed by atoms with Crippen molar-refractivity contribution in [2.45, 2.75) is 97.3 Å². The van der Waals surface area contributed by atoms with E-state index in [2.05, 4.69) is 37.9 Å². The quantitative estimate of drug-likeness (QED) is 0.771. The van der Waals surface area contributed by atoms with Crippen molar-refractivity contribution in [2.24, 2.45) is 11.8 Å². The van der Waals surface area contributed by atoms with E-state index in [-0.39, 0.29) is 6.04 Å². The van der Waals surface area contributed by atoms with E-state index in [9.17, 15) is 4.79 Å². The lowest BCUT2D eigenvalue weighted by molar-refractivity contribution is -0.133. The highest BCUT2D eigenvalue weighted by atomic mass is 16.2. The molecular formula is C18H34N2O. The van der Waals surface area contributed by atoms with Crippen molar-refractivity contribution in [3.8, 4) is 0 Å². The Morgan fingerprint density at radius 1 is 1.24 bits per heavy atom. The van der Waals surface area contributed by atoms with Gasteiger partial charge in [0.05, 0.1) is 12.2 Å². The zero-order valence-electron chi connectivity index (χ0n) is 14.4. The Kier molecular flexibility index (Phi) is 6.09. The van der Waals surface area contributed by atoms with Crippen LogP contribution in [0.5, 0.6) is 0 Å². The van der Waals surface area contributed by atoms with Crippen LogP contribution >= 0.6 is 0 Å². The minimum atomic E-state index is 0.0570. The van der Waals surface area contributed by atoms with Gasteiger partial charge in [0.2, 0.25) is 5.91 Å². The van der Waals surface area contributed by atoms with Gasteiger partial charge in [-0.05, 0) is 43.9 Å². The number of hydrogen-bond donors (Lipinski definition) is 1. The van der Waals surface area contributed by atoms with Gasteiger partial charge in [0, 0.05) is 6.04 Å². The van der Waals surface area contributed by atoms with Gasteiger partial charge in [-0.1, -0.05) is 47.0 Å². The Morgan fingerprint density at radius 2 is 1.90 bits per heavy atom. The molecule has 3 heteroatoms. The molecule has 1 N–H and O–H groups in total. The summed E-state index contributed by atoms with van der Waals surface area (Å²) in [6.45, 7) is 8.89. The van der Waals surface area contributed by atoms with Crippen LogP contribution in [0, 0.1) is 11.8 Å². The van der Waals surface area contributed by atoms with Gasteiger partial charge in [-0.2, -0.15) is 0 Å². The molecule has 1 saturated heterocycles. The summed E-state index contributed by atoms with van der Waals surface area (Å²) >= 11 is 0. The standard InChI is InChI=1S/C18H34N2O/c1-5-9-15(6-2)20-17(14-10-7-8-11-14)19-16(18(20)21)12-13(3)4/h13-17,19H,5-12H2,1-4H3. The summed E-state index contributed by atoms with van der Waals surface area (Å²) in [7, 11) is 0. The molecule has 0 bridgehead atoms. The number of nitrogens with zero attached hydrogens (tertiary/aromatic N) is 1. The summed E-state index contributed by atoms with van der Waals surface area (Å²) in [5.74, 6) is 1.62. The molecule has 1 amide bonds. The Balaban J connectivity index is 2.15. The Labute approximate surface area is 130 Å². The van der Waals surface area contributed by atoms with Crippen LogP contribution in [-0.4, -0.2) is 29.1 Å². The molecule has 2 rings (SSSR count). The zero-order chi connectivity index (χ0) is 15.4. The van der Waals surface area contributed by atoms with Crippen LogP contribution in [0.15, 0.2) is 0 Å². The first-order chi connectivity index (χ1) is 10.1. The van der Waals surface area contributed by atoms with Gasteiger partial charge in [0.15, 0.2) is 0 Å². The highest BCUT2D eigenvalue weighted by Gasteiger charge is 2.45. The predicted molar refractivity (Wildman–Crippen MR) is 88.0 cm³/mol. The van der Waals surface area contributed by atoms with Crippen LogP contribution in [0.2, 0.25) is 0 Å². The van der Waals surface area contributed by atoms with Crippen LogP contribution in [0.4, 0.5) is 0 Å². The van der Waals surface area contributed by atoms with Crippen LogP contribution < -0.4 is 5.32 Å². The van der Waals surface area contributed by atoms with Crippen molar-refractivity contribution >= 4 is 5.91 Å². The average Bonchev–Trinajstić information content (AvgIpc) is 3.05. The van der Waals surface area contributed by atoms with Crippen molar-refractivity contribution in [1.29, 1.82) is 0 Å². The summed E-state index contributed by atoms with van der Waals surface area (Å²) in [6.07, 6.45) is 9.92. The van der Waals surface area contributed by atoms with Crippen molar-refractivity contribution < 1.29 is 4.79 Å². The second kappa shape index (κ2) is 7.62. The smallest absolute Gasteiger partial charge is 0.241 e. The minimum absolute atomic E-state index is 0.0570. The van der Waals surface area contributed by atoms with Crippen molar-refractivity contribution in [3.63, 3.8) is 0 Å². The molecule has 0 aromatic rings. The van der Waals surface area contributed by atoms with E-state index in [0.717, 1.165) is 25.7 Å². The number of carbonyl (C=O) groups is 1. The second-order valence-electron chi connectivity index (χ2n) is 7.43. The zero-order valence-corrected chi connectivity index (χ0v) is 14.4. The number of carbonyl (C=O) groups excluding carboxylic acids is 1. The SMILES string of the molecule is CCCC(CC)N1C(=O)C(CC(C)C)NC1C1CCCC1. The first kappa shape index (κ1) is 16.8. The summed E-state index contributed by atoms with van der Waals surface area (Å²) in [5.41, 5.74) is 0. The highest BCUT2D eigenvalue weighted by molar-refractivity contribution is 5.84. The van der Waals surface area contributed by atoms with Crippen molar-refractivity contribution in [1.82, 2.24) is 10.2 Å². The molecule has 0 aromatic carbocycles. The molecule has 0 aromatic heterocycles. The van der Waals surface area contributed by atoms with Crippen LogP contribution in [0.25, 0.3) is 0 Å². The summed E-state index contributed by atoms with van der Waals surface area (Å²) in [4.78, 5) is 15.2. The maximum atomic E-state index is 12.9. The van der Waals surface area contributed by atoms with E-state index in [1.165, 1.54) is 25.7 Å². The largest absolute Gasteiger partial charge is 0.323 e. The third kappa shape index (κ3) is 3.80. The molecule has 3 nitrogen and oxygen atoms in total. The van der Waals surface area contributed by atoms with E-state index in [0.29, 0.717) is 30.0 Å². The monoisotopic (exact) mass is 294 g/mol. The van der Waals surface area contributed by atoms with Crippen LogP contribution in [-0.2, 0) is 4.79 Å². The minimum Gasteiger partial charge on any atom is -0.323 e. The third-order valence-electron chi connectivity index (χ3n) is 5.26. The Hall–Kier alpha value is -0.570. The van der Waals surface area contributed by atoms with Gasteiger partial charge in [0.25, 0.3) is 0 Å². The van der Waals surface area contributed by atoms with E-state index in [1.807, 2.05) is 0 Å². The molecular weight excluding hydrogens is 260 g/mol.